The molecule has 23 heavy (non-hydrogen) atoms. The fourth-order valence-corrected chi connectivity index (χ4v) is 4.21. The second-order valence-electron chi connectivity index (χ2n) is 5.35. The number of amides is 1. The van der Waals surface area contributed by atoms with Crippen LogP contribution in [0, 0.1) is 11.8 Å². The van der Waals surface area contributed by atoms with Gasteiger partial charge < -0.3 is 10.4 Å². The molecule has 2 atom stereocenters. The zero-order chi connectivity index (χ0) is 16.4. The van der Waals surface area contributed by atoms with E-state index in [0.717, 1.165) is 14.6 Å². The van der Waals surface area contributed by atoms with Crippen molar-refractivity contribution in [3.8, 4) is 0 Å². The second-order valence-corrected chi connectivity index (χ2v) is 7.43. The minimum atomic E-state index is -0.919. The third kappa shape index (κ3) is 3.40. The van der Waals surface area contributed by atoms with Crippen LogP contribution in [0.3, 0.4) is 0 Å². The number of aliphatic carboxylic acids is 1. The molecular formula is C16H16N2O3S2. The predicted molar refractivity (Wildman–Crippen MR) is 93.0 cm³/mol. The zero-order valence-electron chi connectivity index (χ0n) is 12.5. The average molecular weight is 348 g/mol. The number of carboxylic acid groups (broad SMARTS) is 1. The Bertz CT molecular complexity index is 785. The van der Waals surface area contributed by atoms with Crippen molar-refractivity contribution < 1.29 is 14.7 Å². The van der Waals surface area contributed by atoms with Crippen molar-refractivity contribution in [2.75, 3.05) is 11.6 Å². The van der Waals surface area contributed by atoms with E-state index in [1.54, 1.807) is 29.2 Å². The third-order valence-electron chi connectivity index (χ3n) is 3.90. The van der Waals surface area contributed by atoms with Gasteiger partial charge in [0.05, 0.1) is 22.1 Å². The highest BCUT2D eigenvalue weighted by Gasteiger charge is 2.33. The van der Waals surface area contributed by atoms with Crippen molar-refractivity contribution in [1.29, 1.82) is 0 Å². The number of hydrogen-bond donors (Lipinski definition) is 2. The van der Waals surface area contributed by atoms with Gasteiger partial charge in [-0.25, -0.2) is 4.98 Å². The number of allylic oxidation sites excluding steroid dienone is 2. The number of fused-ring (bicyclic) bond motifs is 1. The number of carbonyl (C=O) groups is 2. The summed E-state index contributed by atoms with van der Waals surface area (Å²) >= 11 is 3.16. The largest absolute Gasteiger partial charge is 0.481 e. The van der Waals surface area contributed by atoms with Crippen LogP contribution < -0.4 is 5.32 Å². The average Bonchev–Trinajstić information content (AvgIpc) is 2.97. The van der Waals surface area contributed by atoms with Gasteiger partial charge in [0.15, 0.2) is 4.34 Å². The van der Waals surface area contributed by atoms with Crippen molar-refractivity contribution in [3.63, 3.8) is 0 Å². The fraction of sp³-hybridized carbons (Fsp3) is 0.312. The van der Waals surface area contributed by atoms with Crippen LogP contribution in [-0.4, -0.2) is 28.2 Å². The number of hydrogen-bond acceptors (Lipinski definition) is 5. The Kier molecular flexibility index (Phi) is 4.68. The van der Waals surface area contributed by atoms with E-state index in [0.29, 0.717) is 18.5 Å². The van der Waals surface area contributed by atoms with Gasteiger partial charge in [-0.1, -0.05) is 23.9 Å². The number of nitrogens with zero attached hydrogens (tertiary/aromatic N) is 1. The molecule has 0 spiro atoms. The molecule has 120 valence electrons. The van der Waals surface area contributed by atoms with Crippen molar-refractivity contribution in [2.45, 2.75) is 17.2 Å². The number of rotatable bonds is 4. The Balaban J connectivity index is 1.79. The Morgan fingerprint density at radius 3 is 2.74 bits per heavy atom. The van der Waals surface area contributed by atoms with Gasteiger partial charge in [0.2, 0.25) is 5.91 Å². The van der Waals surface area contributed by atoms with Crippen LogP contribution in [0.1, 0.15) is 12.8 Å². The van der Waals surface area contributed by atoms with Crippen LogP contribution in [0.4, 0.5) is 5.69 Å². The molecule has 0 radical (unpaired) electrons. The smallest absolute Gasteiger partial charge is 0.307 e. The lowest BCUT2D eigenvalue weighted by Gasteiger charge is -2.24. The molecule has 3 rings (SSSR count). The minimum Gasteiger partial charge on any atom is -0.481 e. The molecule has 1 aromatic carbocycles. The molecule has 1 amide bonds. The second kappa shape index (κ2) is 6.72. The van der Waals surface area contributed by atoms with Crippen molar-refractivity contribution in [1.82, 2.24) is 4.98 Å². The summed E-state index contributed by atoms with van der Waals surface area (Å²) in [6, 6.07) is 5.56. The van der Waals surface area contributed by atoms with Crippen molar-refractivity contribution in [2.24, 2.45) is 11.8 Å². The number of carboxylic acids is 1. The number of aromatic nitrogens is 1. The number of thioether (sulfide) groups is 1. The van der Waals surface area contributed by atoms with Crippen molar-refractivity contribution in [3.05, 3.63) is 30.4 Å². The van der Waals surface area contributed by atoms with E-state index < -0.39 is 17.8 Å². The normalized spacial score (nSPS) is 20.6. The van der Waals surface area contributed by atoms with E-state index in [-0.39, 0.29) is 5.91 Å². The van der Waals surface area contributed by atoms with E-state index in [1.165, 1.54) is 0 Å². The first-order valence-corrected chi connectivity index (χ1v) is 9.26. The van der Waals surface area contributed by atoms with Gasteiger partial charge in [-0.2, -0.15) is 0 Å². The van der Waals surface area contributed by atoms with Gasteiger partial charge in [0.1, 0.15) is 0 Å². The number of anilines is 1. The summed E-state index contributed by atoms with van der Waals surface area (Å²) in [6.07, 6.45) is 6.54. The third-order valence-corrected chi connectivity index (χ3v) is 5.90. The van der Waals surface area contributed by atoms with E-state index in [4.69, 9.17) is 0 Å². The lowest BCUT2D eigenvalue weighted by molar-refractivity contribution is -0.146. The summed E-state index contributed by atoms with van der Waals surface area (Å²) in [5, 5.41) is 12.1. The highest BCUT2D eigenvalue weighted by atomic mass is 32.2. The van der Waals surface area contributed by atoms with Crippen LogP contribution in [-0.2, 0) is 9.59 Å². The predicted octanol–water partition coefficient (Wildman–Crippen LogP) is 3.62. The van der Waals surface area contributed by atoms with Crippen LogP contribution in [0.25, 0.3) is 10.2 Å². The van der Waals surface area contributed by atoms with Crippen LogP contribution in [0.5, 0.6) is 0 Å². The van der Waals surface area contributed by atoms with Gasteiger partial charge in [-0.15, -0.1) is 11.3 Å². The first kappa shape index (κ1) is 16.0. The number of nitrogens with one attached hydrogen (secondary N) is 1. The maximum absolute atomic E-state index is 12.5. The number of benzene rings is 1. The monoisotopic (exact) mass is 348 g/mol. The van der Waals surface area contributed by atoms with Crippen molar-refractivity contribution >= 4 is 50.9 Å². The number of thiazole rings is 1. The Hall–Kier alpha value is -1.86. The molecule has 0 saturated heterocycles. The molecule has 1 aliphatic carbocycles. The maximum Gasteiger partial charge on any atom is 0.307 e. The van der Waals surface area contributed by atoms with E-state index in [9.17, 15) is 14.7 Å². The first-order chi connectivity index (χ1) is 11.1. The Labute approximate surface area is 141 Å². The lowest BCUT2D eigenvalue weighted by atomic mass is 9.82. The maximum atomic E-state index is 12.5. The molecule has 2 N–H and O–H groups in total. The topological polar surface area (TPSA) is 79.3 Å². The SMILES string of the molecule is CSc1nc2ccc(NC(=O)C3CC=CCC3C(=O)O)cc2s1. The summed E-state index contributed by atoms with van der Waals surface area (Å²) in [5.41, 5.74) is 1.58. The molecule has 0 fully saturated rings. The molecule has 1 aliphatic rings. The van der Waals surface area contributed by atoms with Gasteiger partial charge in [0, 0.05) is 5.69 Å². The van der Waals surface area contributed by atoms with Crippen LogP contribution in [0.2, 0.25) is 0 Å². The van der Waals surface area contributed by atoms with E-state index in [2.05, 4.69) is 10.3 Å². The molecule has 2 aromatic rings. The van der Waals surface area contributed by atoms with Crippen LogP contribution >= 0.6 is 23.1 Å². The van der Waals surface area contributed by atoms with Gasteiger partial charge in [0.25, 0.3) is 0 Å². The Morgan fingerprint density at radius 2 is 2.04 bits per heavy atom. The molecule has 7 heteroatoms. The number of carbonyl (C=O) groups excluding carboxylic acids is 1. The molecule has 1 heterocycles. The molecule has 0 bridgehead atoms. The molecular weight excluding hydrogens is 332 g/mol. The summed E-state index contributed by atoms with van der Waals surface area (Å²) in [6.45, 7) is 0. The summed E-state index contributed by atoms with van der Waals surface area (Å²) in [5.74, 6) is -2.35. The summed E-state index contributed by atoms with van der Waals surface area (Å²) in [4.78, 5) is 28.2. The molecule has 0 aliphatic heterocycles. The lowest BCUT2D eigenvalue weighted by Crippen LogP contribution is -2.34. The Morgan fingerprint density at radius 1 is 1.30 bits per heavy atom. The summed E-state index contributed by atoms with van der Waals surface area (Å²) < 4.78 is 1.98. The fourth-order valence-electron chi connectivity index (χ4n) is 2.68. The van der Waals surface area contributed by atoms with E-state index in [1.807, 2.05) is 30.5 Å². The highest BCUT2D eigenvalue weighted by molar-refractivity contribution is 8.00. The zero-order valence-corrected chi connectivity index (χ0v) is 14.1. The standard InChI is InChI=1S/C16H16N2O3S2/c1-22-16-18-12-7-6-9(8-13(12)23-16)17-14(19)10-4-2-3-5-11(10)15(20)21/h2-3,6-8,10-11H,4-5H2,1H3,(H,17,19)(H,20,21). The highest BCUT2D eigenvalue weighted by Crippen LogP contribution is 2.31. The van der Waals surface area contributed by atoms with Gasteiger partial charge in [-0.3, -0.25) is 9.59 Å². The quantitative estimate of drug-likeness (QED) is 0.651. The molecule has 2 unspecified atom stereocenters. The molecule has 1 aromatic heterocycles. The van der Waals surface area contributed by atoms with E-state index >= 15 is 0 Å². The van der Waals surface area contributed by atoms with Crippen LogP contribution in [0.15, 0.2) is 34.7 Å². The van der Waals surface area contributed by atoms with Gasteiger partial charge >= 0.3 is 5.97 Å². The minimum absolute atomic E-state index is 0.240. The van der Waals surface area contributed by atoms with Gasteiger partial charge in [-0.05, 0) is 37.3 Å². The molecule has 5 nitrogen and oxygen atoms in total. The summed E-state index contributed by atoms with van der Waals surface area (Å²) in [7, 11) is 0. The molecule has 0 saturated carbocycles. The first-order valence-electron chi connectivity index (χ1n) is 7.21.